The van der Waals surface area contributed by atoms with Crippen LogP contribution in [-0.2, 0) is 0 Å². The van der Waals surface area contributed by atoms with Gasteiger partial charge in [-0.25, -0.2) is 0 Å². The van der Waals surface area contributed by atoms with Crippen molar-refractivity contribution in [1.29, 1.82) is 0 Å². The topological polar surface area (TPSA) is 9.86 Å². The Hall–Kier alpha value is -5.76. The van der Waals surface area contributed by atoms with Gasteiger partial charge in [0.15, 0.2) is 8.07 Å². The zero-order chi connectivity index (χ0) is 40.6. The third kappa shape index (κ3) is 6.78. The van der Waals surface area contributed by atoms with E-state index >= 15 is 0 Å². The van der Waals surface area contributed by atoms with E-state index in [0.717, 1.165) is 13.4 Å². The Balaban J connectivity index is 0.000000173. The summed E-state index contributed by atoms with van der Waals surface area (Å²) in [4.78, 5) is 0. The predicted molar refractivity (Wildman–Crippen MR) is 268 cm³/mol. The second-order valence-corrected chi connectivity index (χ2v) is 21.5. The molecule has 9 aromatic carbocycles. The average Bonchev–Trinajstić information content (AvgIpc) is 3.79. The van der Waals surface area contributed by atoms with Crippen LogP contribution in [0.3, 0.4) is 0 Å². The number of fused-ring (bicyclic) bond motifs is 6. The van der Waals surface area contributed by atoms with Crippen LogP contribution in [0.4, 0.5) is 0 Å². The van der Waals surface area contributed by atoms with Gasteiger partial charge < -0.3 is 9.13 Å². The first-order valence-corrected chi connectivity index (χ1v) is 24.3. The van der Waals surface area contributed by atoms with Crippen LogP contribution in [0.5, 0.6) is 0 Å². The molecule has 0 N–H and O–H groups in total. The van der Waals surface area contributed by atoms with Crippen LogP contribution in [0.1, 0.15) is 0 Å². The molecule has 11 aromatic rings. The van der Waals surface area contributed by atoms with E-state index in [1.807, 2.05) is 6.07 Å². The van der Waals surface area contributed by atoms with E-state index in [1.165, 1.54) is 75.7 Å². The molecule has 60 heavy (non-hydrogen) atoms. The zero-order valence-electron chi connectivity index (χ0n) is 32.4. The van der Waals surface area contributed by atoms with Crippen LogP contribution in [0.25, 0.3) is 55.0 Å². The summed E-state index contributed by atoms with van der Waals surface area (Å²) in [5.41, 5.74) is 7.22. The van der Waals surface area contributed by atoms with Crippen molar-refractivity contribution in [1.82, 2.24) is 9.13 Å². The maximum atomic E-state index is 3.75. The Bertz CT molecular complexity index is 3120. The van der Waals surface area contributed by atoms with E-state index in [2.05, 4.69) is 275 Å². The maximum absolute atomic E-state index is 3.75. The molecular weight excluding hydrogens is 944 g/mol. The summed E-state index contributed by atoms with van der Waals surface area (Å²) in [5.74, 6) is 0. The fourth-order valence-electron chi connectivity index (χ4n) is 8.97. The molecule has 2 nitrogen and oxygen atoms in total. The first-order chi connectivity index (χ1) is 29.5. The summed E-state index contributed by atoms with van der Waals surface area (Å²) in [6, 6.07) is 81.2. The number of rotatable bonds is 6. The molecule has 0 fully saturated rings. The van der Waals surface area contributed by atoms with E-state index in [1.54, 1.807) is 0 Å². The Morgan fingerprint density at radius 1 is 0.267 bits per heavy atom. The first-order valence-electron chi connectivity index (χ1n) is 19.9. The predicted octanol–water partition coefficient (Wildman–Crippen LogP) is 13.2. The van der Waals surface area contributed by atoms with Gasteiger partial charge in [0.1, 0.15) is 0 Å². The monoisotopic (exact) mass is 978 g/mol. The van der Waals surface area contributed by atoms with Gasteiger partial charge in [-0.3, -0.25) is 0 Å². The van der Waals surface area contributed by atoms with Gasteiger partial charge in [-0.2, -0.15) is 0 Å². The molecule has 0 unspecified atom stereocenters. The lowest BCUT2D eigenvalue weighted by molar-refractivity contribution is 1.18. The molecule has 0 saturated heterocycles. The molecule has 0 amide bonds. The second-order valence-electron chi connectivity index (χ2n) is 14.9. The lowest BCUT2D eigenvalue weighted by Gasteiger charge is -2.34. The summed E-state index contributed by atoms with van der Waals surface area (Å²) in [6.07, 6.45) is 0. The molecule has 2 aromatic heterocycles. The van der Waals surface area contributed by atoms with Crippen molar-refractivity contribution in [2.24, 2.45) is 0 Å². The van der Waals surface area contributed by atoms with Gasteiger partial charge in [0.05, 0.1) is 22.1 Å². The fourth-order valence-corrected chi connectivity index (χ4v) is 14.8. The number of aromatic nitrogens is 2. The van der Waals surface area contributed by atoms with Crippen molar-refractivity contribution in [3.63, 3.8) is 0 Å². The zero-order valence-corrected chi connectivity index (χ0v) is 38.1. The molecule has 0 aliphatic carbocycles. The highest BCUT2D eigenvalue weighted by Crippen LogP contribution is 2.36. The molecule has 0 radical (unpaired) electrons. The van der Waals surface area contributed by atoms with E-state index in [-0.39, 0.29) is 0 Å². The minimum Gasteiger partial charge on any atom is -0.309 e. The van der Waals surface area contributed by atoms with Gasteiger partial charge in [-0.15, -0.1) is 0 Å². The number of benzene rings is 9. The van der Waals surface area contributed by atoms with Crippen LogP contribution in [0, 0.1) is 0 Å². The lowest BCUT2D eigenvalue weighted by atomic mass is 10.1. The molecule has 0 spiro atoms. The second kappa shape index (κ2) is 16.4. The number of hydrogen-bond donors (Lipinski definition) is 0. The highest BCUT2D eigenvalue weighted by Gasteiger charge is 2.41. The summed E-state index contributed by atoms with van der Waals surface area (Å²) in [6.45, 7) is 0. The van der Waals surface area contributed by atoms with E-state index in [9.17, 15) is 0 Å². The molecule has 6 heteroatoms. The maximum Gasteiger partial charge on any atom is 0.179 e. The Labute approximate surface area is 375 Å². The van der Waals surface area contributed by atoms with Crippen LogP contribution < -0.4 is 20.7 Å². The lowest BCUT2D eigenvalue weighted by Crippen LogP contribution is -2.74. The summed E-state index contributed by atoms with van der Waals surface area (Å²) in [5, 5.41) is 10.6. The van der Waals surface area contributed by atoms with Crippen LogP contribution in [0.2, 0.25) is 0 Å². The SMILES string of the molecule is Brc1ccc2c(c1)c1cc(Br)ccc1n2-c1ccccc1.Brc1ccc2c(c1)c1cc([Si](c3ccccc3)(c3ccccc3)c3ccccc3)ccc1n2-c1ccccc1. The summed E-state index contributed by atoms with van der Waals surface area (Å²) < 4.78 is 7.98. The van der Waals surface area contributed by atoms with Crippen molar-refractivity contribution < 1.29 is 0 Å². The van der Waals surface area contributed by atoms with Gasteiger partial charge in [0.25, 0.3) is 0 Å². The van der Waals surface area contributed by atoms with Gasteiger partial charge in [0.2, 0.25) is 0 Å². The van der Waals surface area contributed by atoms with E-state index < -0.39 is 8.07 Å². The quantitative estimate of drug-likeness (QED) is 0.116. The highest BCUT2D eigenvalue weighted by molar-refractivity contribution is 9.11. The molecule has 11 rings (SSSR count). The fraction of sp³-hybridized carbons (Fsp3) is 0. The molecule has 0 atom stereocenters. The standard InChI is InChI=1S/C36H26BrNSi.C18H11Br2N/c37-27-21-23-35-33(25-27)34-26-32(22-24-36(34)38(35)28-13-5-1-6-14-28)39(29-15-7-2-8-16-29,30-17-9-3-10-18-30)31-19-11-4-12-20-31;19-12-6-8-17-15(10-12)16-11-13(20)7-9-18(16)21(17)14-4-2-1-3-5-14/h1-26H;1-11H. The number of para-hydroxylation sites is 2. The van der Waals surface area contributed by atoms with Gasteiger partial charge in [-0.05, 0) is 106 Å². The molecule has 0 saturated carbocycles. The van der Waals surface area contributed by atoms with Crippen molar-refractivity contribution >= 4 is 120 Å². The number of halogens is 3. The van der Waals surface area contributed by atoms with Crippen molar-refractivity contribution in [3.8, 4) is 11.4 Å². The van der Waals surface area contributed by atoms with Crippen LogP contribution >= 0.6 is 47.8 Å². The Morgan fingerprint density at radius 3 is 0.883 bits per heavy atom. The average molecular weight is 982 g/mol. The number of hydrogen-bond acceptors (Lipinski definition) is 0. The van der Waals surface area contributed by atoms with Crippen LogP contribution in [-0.4, -0.2) is 17.2 Å². The molecule has 0 bridgehead atoms. The minimum atomic E-state index is -2.61. The minimum absolute atomic E-state index is 1.09. The van der Waals surface area contributed by atoms with Crippen molar-refractivity contribution in [2.75, 3.05) is 0 Å². The largest absolute Gasteiger partial charge is 0.309 e. The molecule has 0 aliphatic heterocycles. The van der Waals surface area contributed by atoms with E-state index in [4.69, 9.17) is 0 Å². The van der Waals surface area contributed by atoms with Gasteiger partial charge in [-0.1, -0.05) is 187 Å². The Kier molecular flexibility index (Phi) is 10.5. The van der Waals surface area contributed by atoms with Crippen molar-refractivity contribution in [2.45, 2.75) is 0 Å². The van der Waals surface area contributed by atoms with E-state index in [0.29, 0.717) is 0 Å². The third-order valence-electron chi connectivity index (χ3n) is 11.5. The number of nitrogens with zero attached hydrogens (tertiary/aromatic N) is 2. The smallest absolute Gasteiger partial charge is 0.179 e. The third-order valence-corrected chi connectivity index (χ3v) is 17.8. The molecular formula is C54H37Br3N2Si. The van der Waals surface area contributed by atoms with Crippen LogP contribution in [0.15, 0.2) is 238 Å². The summed E-state index contributed by atoms with van der Waals surface area (Å²) in [7, 11) is -2.61. The highest BCUT2D eigenvalue weighted by atomic mass is 79.9. The summed E-state index contributed by atoms with van der Waals surface area (Å²) >= 11 is 10.9. The molecule has 288 valence electrons. The van der Waals surface area contributed by atoms with Gasteiger partial charge in [0, 0.05) is 46.3 Å². The normalized spacial score (nSPS) is 11.6. The molecule has 0 aliphatic rings. The Morgan fingerprint density at radius 2 is 0.550 bits per heavy atom. The molecule has 2 heterocycles. The van der Waals surface area contributed by atoms with Gasteiger partial charge >= 0.3 is 0 Å². The van der Waals surface area contributed by atoms with Crippen molar-refractivity contribution in [3.05, 3.63) is 238 Å². The first kappa shape index (κ1) is 38.4.